The minimum Gasteiger partial charge on any atom is -0.308 e. The van der Waals surface area contributed by atoms with E-state index in [0.29, 0.717) is 0 Å². The molecule has 1 atom stereocenters. The highest BCUT2D eigenvalue weighted by Crippen LogP contribution is 2.39. The Kier molecular flexibility index (Phi) is 4.86. The predicted molar refractivity (Wildman–Crippen MR) is 103 cm³/mol. The van der Waals surface area contributed by atoms with Gasteiger partial charge in [-0.3, -0.25) is 0 Å². The number of amides is 2. The van der Waals surface area contributed by atoms with Crippen LogP contribution in [0, 0.1) is 27.7 Å². The molecular formula is C20H24N2OS. The highest BCUT2D eigenvalue weighted by atomic mass is 32.2. The van der Waals surface area contributed by atoms with Gasteiger partial charge in [-0.1, -0.05) is 29.8 Å². The molecule has 24 heavy (non-hydrogen) atoms. The van der Waals surface area contributed by atoms with Gasteiger partial charge in [0.2, 0.25) is 0 Å². The maximum absolute atomic E-state index is 12.8. The van der Waals surface area contributed by atoms with Gasteiger partial charge in [-0.05, 0) is 62.1 Å². The summed E-state index contributed by atoms with van der Waals surface area (Å²) in [6, 6.07) is 12.5. The number of rotatable bonds is 2. The van der Waals surface area contributed by atoms with E-state index < -0.39 is 0 Å². The Labute approximate surface area is 148 Å². The molecule has 2 amide bonds. The normalized spacial score (nSPS) is 17.2. The van der Waals surface area contributed by atoms with Gasteiger partial charge in [0.15, 0.2) is 0 Å². The van der Waals surface area contributed by atoms with Crippen molar-refractivity contribution in [2.75, 3.05) is 17.6 Å². The summed E-state index contributed by atoms with van der Waals surface area (Å²) in [5.74, 6) is 0.971. The summed E-state index contributed by atoms with van der Waals surface area (Å²) in [4.78, 5) is 14.7. The molecular weight excluding hydrogens is 316 g/mol. The largest absolute Gasteiger partial charge is 0.323 e. The van der Waals surface area contributed by atoms with Crippen LogP contribution in [0.2, 0.25) is 0 Å². The lowest BCUT2D eigenvalue weighted by Crippen LogP contribution is -2.34. The maximum Gasteiger partial charge on any atom is 0.323 e. The summed E-state index contributed by atoms with van der Waals surface area (Å²) in [5, 5.41) is 3.15. The van der Waals surface area contributed by atoms with Gasteiger partial charge in [-0.25, -0.2) is 4.79 Å². The monoisotopic (exact) mass is 340 g/mol. The minimum atomic E-state index is -0.0202. The van der Waals surface area contributed by atoms with Gasteiger partial charge < -0.3 is 10.2 Å². The summed E-state index contributed by atoms with van der Waals surface area (Å²) < 4.78 is 0. The van der Waals surface area contributed by atoms with Crippen LogP contribution in [0.4, 0.5) is 10.5 Å². The second-order valence-corrected chi connectivity index (χ2v) is 7.69. The minimum absolute atomic E-state index is 0.0202. The Bertz CT molecular complexity index is 772. The highest BCUT2D eigenvalue weighted by Gasteiger charge is 2.31. The van der Waals surface area contributed by atoms with Crippen LogP contribution >= 0.6 is 11.8 Å². The number of nitrogens with one attached hydrogen (secondary N) is 1. The van der Waals surface area contributed by atoms with Gasteiger partial charge in [0, 0.05) is 18.0 Å². The third-order valence-corrected chi connectivity index (χ3v) is 5.84. The second-order valence-electron chi connectivity index (χ2n) is 6.51. The number of carbonyl (C=O) groups excluding carboxylic acids is 1. The molecule has 0 saturated carbocycles. The number of aryl methyl sites for hydroxylation is 4. The molecule has 126 valence electrons. The number of benzene rings is 2. The smallest absolute Gasteiger partial charge is 0.308 e. The van der Waals surface area contributed by atoms with E-state index in [1.165, 1.54) is 27.8 Å². The summed E-state index contributed by atoms with van der Waals surface area (Å²) in [7, 11) is 0. The van der Waals surface area contributed by atoms with E-state index in [4.69, 9.17) is 0 Å². The summed E-state index contributed by atoms with van der Waals surface area (Å²) in [5.41, 5.74) is 7.02. The lowest BCUT2D eigenvalue weighted by Gasteiger charge is -2.26. The zero-order chi connectivity index (χ0) is 17.3. The van der Waals surface area contributed by atoms with E-state index >= 15 is 0 Å². The van der Waals surface area contributed by atoms with Crippen molar-refractivity contribution in [1.82, 2.24) is 4.90 Å². The number of urea groups is 1. The molecule has 4 heteroatoms. The van der Waals surface area contributed by atoms with Crippen LogP contribution in [-0.4, -0.2) is 23.2 Å². The van der Waals surface area contributed by atoms with Crippen molar-refractivity contribution >= 4 is 23.5 Å². The molecule has 1 heterocycles. The lowest BCUT2D eigenvalue weighted by molar-refractivity contribution is 0.214. The van der Waals surface area contributed by atoms with Gasteiger partial charge in [-0.15, -0.1) is 11.8 Å². The highest BCUT2D eigenvalue weighted by molar-refractivity contribution is 7.99. The van der Waals surface area contributed by atoms with E-state index in [9.17, 15) is 4.79 Å². The molecule has 1 saturated heterocycles. The Hall–Kier alpha value is -1.94. The third-order valence-electron chi connectivity index (χ3n) is 4.60. The van der Waals surface area contributed by atoms with E-state index in [1.807, 2.05) is 34.9 Å². The standard InChI is InChI=1S/C20H24N2OS/c1-13-5-8-18(16(4)11-13)19-22(9-10-24-19)20(23)21-17-7-6-14(2)15(3)12-17/h5-8,11-12,19H,9-10H2,1-4H3,(H,21,23)/t19-/m0/s1. The van der Waals surface area contributed by atoms with Crippen LogP contribution in [0.15, 0.2) is 36.4 Å². The third kappa shape index (κ3) is 3.44. The maximum atomic E-state index is 12.8. The van der Waals surface area contributed by atoms with E-state index in [1.54, 1.807) is 0 Å². The molecule has 0 spiro atoms. The molecule has 0 radical (unpaired) electrons. The summed E-state index contributed by atoms with van der Waals surface area (Å²) in [6.07, 6.45) is 0. The fraction of sp³-hybridized carbons (Fsp3) is 0.350. The predicted octanol–water partition coefficient (Wildman–Crippen LogP) is 5.20. The van der Waals surface area contributed by atoms with Gasteiger partial charge in [0.25, 0.3) is 0 Å². The number of hydrogen-bond donors (Lipinski definition) is 1. The molecule has 1 N–H and O–H groups in total. The Morgan fingerprint density at radius 3 is 2.54 bits per heavy atom. The van der Waals surface area contributed by atoms with Gasteiger partial charge >= 0.3 is 6.03 Å². The molecule has 2 aromatic rings. The SMILES string of the molecule is Cc1ccc([C@@H]2SCCN2C(=O)Nc2ccc(C)c(C)c2)c(C)c1. The van der Waals surface area contributed by atoms with Gasteiger partial charge in [-0.2, -0.15) is 0 Å². The molecule has 2 aromatic carbocycles. The molecule has 1 fully saturated rings. The molecule has 0 bridgehead atoms. The number of carbonyl (C=O) groups is 1. The van der Waals surface area contributed by atoms with Gasteiger partial charge in [0.1, 0.15) is 5.37 Å². The fourth-order valence-corrected chi connectivity index (χ4v) is 4.40. The average molecular weight is 340 g/mol. The van der Waals surface area contributed by atoms with Crippen LogP contribution in [0.1, 0.15) is 33.2 Å². The summed E-state index contributed by atoms with van der Waals surface area (Å²) in [6.45, 7) is 9.14. The quantitative estimate of drug-likeness (QED) is 0.815. The molecule has 0 unspecified atom stereocenters. The number of nitrogens with zero attached hydrogens (tertiary/aromatic N) is 1. The van der Waals surface area contributed by atoms with Crippen LogP contribution in [0.25, 0.3) is 0 Å². The van der Waals surface area contributed by atoms with Crippen LogP contribution < -0.4 is 5.32 Å². The van der Waals surface area contributed by atoms with E-state index in [0.717, 1.165) is 18.0 Å². The first-order chi connectivity index (χ1) is 11.5. The van der Waals surface area contributed by atoms with Crippen molar-refractivity contribution in [3.63, 3.8) is 0 Å². The second kappa shape index (κ2) is 6.89. The van der Waals surface area contributed by atoms with E-state index in [-0.39, 0.29) is 11.4 Å². The van der Waals surface area contributed by atoms with Crippen molar-refractivity contribution in [3.8, 4) is 0 Å². The number of thioether (sulfide) groups is 1. The van der Waals surface area contributed by atoms with Crippen molar-refractivity contribution in [2.24, 2.45) is 0 Å². The Balaban J connectivity index is 1.79. The zero-order valence-electron chi connectivity index (χ0n) is 14.7. The number of hydrogen-bond acceptors (Lipinski definition) is 2. The van der Waals surface area contributed by atoms with Crippen LogP contribution in [-0.2, 0) is 0 Å². The molecule has 0 aromatic heterocycles. The summed E-state index contributed by atoms with van der Waals surface area (Å²) >= 11 is 1.83. The molecule has 1 aliphatic heterocycles. The van der Waals surface area contributed by atoms with Crippen molar-refractivity contribution in [1.29, 1.82) is 0 Å². The first-order valence-corrected chi connectivity index (χ1v) is 9.34. The lowest BCUT2D eigenvalue weighted by atomic mass is 10.1. The van der Waals surface area contributed by atoms with Crippen LogP contribution in [0.3, 0.4) is 0 Å². The Morgan fingerprint density at radius 1 is 1.04 bits per heavy atom. The number of anilines is 1. The van der Waals surface area contributed by atoms with Gasteiger partial charge in [0.05, 0.1) is 0 Å². The molecule has 3 rings (SSSR count). The van der Waals surface area contributed by atoms with Crippen molar-refractivity contribution < 1.29 is 4.79 Å². The average Bonchev–Trinajstić information content (AvgIpc) is 3.00. The molecule has 0 aliphatic carbocycles. The van der Waals surface area contributed by atoms with Crippen molar-refractivity contribution in [3.05, 3.63) is 64.2 Å². The molecule has 1 aliphatic rings. The molecule has 3 nitrogen and oxygen atoms in total. The van der Waals surface area contributed by atoms with E-state index in [2.05, 4.69) is 51.2 Å². The fourth-order valence-electron chi connectivity index (χ4n) is 3.05. The first-order valence-electron chi connectivity index (χ1n) is 8.29. The Morgan fingerprint density at radius 2 is 1.83 bits per heavy atom. The van der Waals surface area contributed by atoms with Crippen molar-refractivity contribution in [2.45, 2.75) is 33.1 Å². The zero-order valence-corrected chi connectivity index (χ0v) is 15.5. The topological polar surface area (TPSA) is 32.3 Å². The first kappa shape index (κ1) is 16.9. The van der Waals surface area contributed by atoms with Crippen LogP contribution in [0.5, 0.6) is 0 Å².